The number of benzene rings is 3. The molecule has 0 amide bonds. The molecular formula is C39H52Si. The van der Waals surface area contributed by atoms with Crippen molar-refractivity contribution in [1.29, 1.82) is 0 Å². The topological polar surface area (TPSA) is 0 Å². The number of aryl methyl sites for hydroxylation is 4. The molecule has 0 N–H and O–H groups in total. The van der Waals surface area contributed by atoms with Gasteiger partial charge in [-0.2, -0.15) is 0 Å². The first-order valence-electron chi connectivity index (χ1n) is 15.0. The first kappa shape index (κ1) is 30.3. The van der Waals surface area contributed by atoms with Crippen LogP contribution in [0, 0.1) is 27.7 Å². The van der Waals surface area contributed by atoms with Crippen LogP contribution in [0.5, 0.6) is 0 Å². The van der Waals surface area contributed by atoms with Crippen LogP contribution in [0.4, 0.5) is 0 Å². The van der Waals surface area contributed by atoms with Crippen LogP contribution >= 0.6 is 0 Å². The Morgan fingerprint density at radius 2 is 0.850 bits per heavy atom. The lowest BCUT2D eigenvalue weighted by atomic mass is 9.81. The molecule has 1 aliphatic rings. The average Bonchev–Trinajstić information content (AvgIpc) is 3.00. The molecule has 0 spiro atoms. The summed E-state index contributed by atoms with van der Waals surface area (Å²) < 4.78 is 0. The molecule has 1 unspecified atom stereocenters. The van der Waals surface area contributed by atoms with Gasteiger partial charge < -0.3 is 0 Å². The molecule has 3 aromatic carbocycles. The van der Waals surface area contributed by atoms with Gasteiger partial charge in [-0.15, -0.1) is 0 Å². The van der Waals surface area contributed by atoms with Gasteiger partial charge in [0.05, 0.1) is 0 Å². The second-order valence-electron chi connectivity index (χ2n) is 15.1. The number of allylic oxidation sites excluding steroid dienone is 4. The van der Waals surface area contributed by atoms with E-state index >= 15 is 0 Å². The smallest absolute Gasteiger partial charge is 0.0730 e. The van der Waals surface area contributed by atoms with Crippen molar-refractivity contribution >= 4 is 23.6 Å². The first-order valence-corrected chi connectivity index (χ1v) is 17.0. The van der Waals surface area contributed by atoms with Crippen LogP contribution in [0.15, 0.2) is 77.4 Å². The zero-order chi connectivity index (χ0) is 30.0. The third kappa shape index (κ3) is 5.00. The van der Waals surface area contributed by atoms with Gasteiger partial charge in [-0.1, -0.05) is 143 Å². The van der Waals surface area contributed by atoms with Gasteiger partial charge in [0.2, 0.25) is 0 Å². The zero-order valence-electron chi connectivity index (χ0n) is 27.8. The fourth-order valence-electron chi connectivity index (χ4n) is 7.22. The summed E-state index contributed by atoms with van der Waals surface area (Å²) >= 11 is 0. The predicted molar refractivity (Wildman–Crippen MR) is 181 cm³/mol. The minimum atomic E-state index is -2.74. The van der Waals surface area contributed by atoms with Gasteiger partial charge in [0.15, 0.2) is 8.07 Å². The molecule has 1 aliphatic carbocycles. The van der Waals surface area contributed by atoms with Crippen molar-refractivity contribution in [3.8, 4) is 0 Å². The Morgan fingerprint density at radius 1 is 0.500 bits per heavy atom. The quantitative estimate of drug-likeness (QED) is 0.225. The maximum atomic E-state index is 2.64. The zero-order valence-corrected chi connectivity index (χ0v) is 28.8. The summed E-state index contributed by atoms with van der Waals surface area (Å²) in [5.41, 5.74) is 12.7. The van der Waals surface area contributed by atoms with E-state index in [1.807, 2.05) is 0 Å². The average molecular weight is 549 g/mol. The Kier molecular flexibility index (Phi) is 7.59. The molecule has 40 heavy (non-hydrogen) atoms. The van der Waals surface area contributed by atoms with Crippen molar-refractivity contribution in [1.82, 2.24) is 0 Å². The molecule has 0 nitrogen and oxygen atoms in total. The van der Waals surface area contributed by atoms with Gasteiger partial charge in [-0.25, -0.2) is 0 Å². The van der Waals surface area contributed by atoms with Crippen LogP contribution in [-0.2, 0) is 10.8 Å². The van der Waals surface area contributed by atoms with E-state index in [0.717, 1.165) is 0 Å². The Hall–Kier alpha value is -2.64. The molecule has 1 heteroatoms. The van der Waals surface area contributed by atoms with Crippen molar-refractivity contribution in [3.05, 3.63) is 111 Å². The molecule has 212 valence electrons. The van der Waals surface area contributed by atoms with Gasteiger partial charge >= 0.3 is 0 Å². The fraction of sp³-hybridized carbons (Fsp3) is 0.436. The second kappa shape index (κ2) is 10.0. The standard InChI is InChI=1S/C39H52Si/c1-25-15-26(2)18-34(17-25)40(35-19-27(3)16-28(4)20-35,39(14)24-29(5)30(6)31(39)7)36-22-32(37(8,9)10)21-33(23-36)38(11,12)13/h15-24H,1-14H3. The molecular weight excluding hydrogens is 497 g/mol. The van der Waals surface area contributed by atoms with Crippen molar-refractivity contribution < 1.29 is 0 Å². The molecule has 0 fully saturated rings. The van der Waals surface area contributed by atoms with Gasteiger partial charge in [-0.05, 0) is 91.6 Å². The molecule has 4 rings (SSSR count). The van der Waals surface area contributed by atoms with Gasteiger partial charge in [0, 0.05) is 5.04 Å². The lowest BCUT2D eigenvalue weighted by molar-refractivity contribution is 0.569. The summed E-state index contributed by atoms with van der Waals surface area (Å²) in [4.78, 5) is 0. The van der Waals surface area contributed by atoms with E-state index in [1.54, 1.807) is 0 Å². The van der Waals surface area contributed by atoms with Crippen molar-refractivity contribution in [2.75, 3.05) is 0 Å². The van der Waals surface area contributed by atoms with Crippen LogP contribution < -0.4 is 15.6 Å². The predicted octanol–water partition coefficient (Wildman–Crippen LogP) is 9.04. The van der Waals surface area contributed by atoms with E-state index in [4.69, 9.17) is 0 Å². The highest BCUT2D eigenvalue weighted by Gasteiger charge is 2.56. The first-order chi connectivity index (χ1) is 18.3. The Balaban J connectivity index is 2.36. The van der Waals surface area contributed by atoms with Crippen molar-refractivity contribution in [2.24, 2.45) is 0 Å². The van der Waals surface area contributed by atoms with Crippen LogP contribution in [-0.4, -0.2) is 8.07 Å². The van der Waals surface area contributed by atoms with E-state index in [2.05, 4.69) is 158 Å². The Labute approximate surface area is 246 Å². The molecule has 0 bridgehead atoms. The molecule has 0 aromatic heterocycles. The lowest BCUT2D eigenvalue weighted by Crippen LogP contribution is -2.73. The molecule has 0 saturated carbocycles. The van der Waals surface area contributed by atoms with Crippen LogP contribution in [0.2, 0.25) is 5.04 Å². The second-order valence-corrected chi connectivity index (χ2v) is 19.4. The van der Waals surface area contributed by atoms with E-state index in [1.165, 1.54) is 65.7 Å². The van der Waals surface area contributed by atoms with Crippen molar-refractivity contribution in [2.45, 2.75) is 113 Å². The number of hydrogen-bond donors (Lipinski definition) is 0. The monoisotopic (exact) mass is 548 g/mol. The maximum absolute atomic E-state index is 2.74. The van der Waals surface area contributed by atoms with E-state index in [9.17, 15) is 0 Å². The highest BCUT2D eigenvalue weighted by atomic mass is 28.3. The van der Waals surface area contributed by atoms with Crippen molar-refractivity contribution in [3.63, 3.8) is 0 Å². The molecule has 0 aliphatic heterocycles. The molecule has 0 heterocycles. The van der Waals surface area contributed by atoms with Crippen LogP contribution in [0.25, 0.3) is 0 Å². The summed E-state index contributed by atoms with van der Waals surface area (Å²) in [6, 6.07) is 22.4. The summed E-state index contributed by atoms with van der Waals surface area (Å²) in [5, 5.41) is 4.44. The summed E-state index contributed by atoms with van der Waals surface area (Å²) in [7, 11) is -2.74. The van der Waals surface area contributed by atoms with E-state index < -0.39 is 8.07 Å². The SMILES string of the molecule is CC1=CC(C)([Si](c2cc(C)cc(C)c2)(c2cc(C)cc(C)c2)c2cc(C(C)(C)C)cc(C(C)(C)C)c2)C(C)=C1C. The Bertz CT molecular complexity index is 1410. The molecule has 3 aromatic rings. The lowest BCUT2D eigenvalue weighted by Gasteiger charge is -2.48. The van der Waals surface area contributed by atoms with Gasteiger partial charge in [-0.3, -0.25) is 0 Å². The summed E-state index contributed by atoms with van der Waals surface area (Å²) in [5.74, 6) is 0. The molecule has 0 saturated heterocycles. The third-order valence-corrected chi connectivity index (χ3v) is 15.2. The molecule has 0 radical (unpaired) electrons. The highest BCUT2D eigenvalue weighted by Crippen LogP contribution is 2.53. The molecule has 1 atom stereocenters. The normalized spacial score (nSPS) is 18.4. The van der Waals surface area contributed by atoms with Crippen LogP contribution in [0.1, 0.15) is 103 Å². The Morgan fingerprint density at radius 3 is 1.15 bits per heavy atom. The highest BCUT2D eigenvalue weighted by molar-refractivity contribution is 7.14. The third-order valence-electron chi connectivity index (χ3n) is 9.62. The number of rotatable bonds is 4. The number of hydrogen-bond acceptors (Lipinski definition) is 0. The largest absolute Gasteiger partial charge is 0.161 e. The van der Waals surface area contributed by atoms with Gasteiger partial charge in [0.25, 0.3) is 0 Å². The minimum absolute atomic E-state index is 0.0460. The summed E-state index contributed by atoms with van der Waals surface area (Å²) in [6.07, 6.45) is 2.64. The van der Waals surface area contributed by atoms with Gasteiger partial charge in [0.1, 0.15) is 0 Å². The maximum Gasteiger partial charge on any atom is 0.161 e. The van der Waals surface area contributed by atoms with E-state index in [0.29, 0.717) is 0 Å². The fourth-order valence-corrected chi connectivity index (χ4v) is 13.7. The minimum Gasteiger partial charge on any atom is -0.0730 e. The summed E-state index contributed by atoms with van der Waals surface area (Å²) in [6.45, 7) is 32.9. The van der Waals surface area contributed by atoms with E-state index in [-0.39, 0.29) is 15.9 Å². The van der Waals surface area contributed by atoms with Crippen LogP contribution in [0.3, 0.4) is 0 Å².